The molecule has 6 heteroatoms. The molecule has 0 aliphatic carbocycles. The van der Waals surface area contributed by atoms with Gasteiger partial charge in [0, 0.05) is 18.0 Å². The van der Waals surface area contributed by atoms with E-state index in [4.69, 9.17) is 0 Å². The van der Waals surface area contributed by atoms with Gasteiger partial charge in [-0.2, -0.15) is 8.78 Å². The smallest absolute Gasteiger partial charge is 0.387 e. The van der Waals surface area contributed by atoms with E-state index in [9.17, 15) is 8.78 Å². The van der Waals surface area contributed by atoms with Gasteiger partial charge in [-0.05, 0) is 31.5 Å². The Hall–Kier alpha value is -1.53. The summed E-state index contributed by atoms with van der Waals surface area (Å²) in [6.45, 7) is 1.78. The molecule has 0 aliphatic rings. The van der Waals surface area contributed by atoms with E-state index in [1.807, 2.05) is 25.3 Å². The minimum Gasteiger partial charge on any atom is -0.435 e. The first kappa shape index (κ1) is 14.9. The lowest BCUT2D eigenvalue weighted by atomic mass is 10.1. The van der Waals surface area contributed by atoms with Crippen molar-refractivity contribution in [1.82, 2.24) is 10.3 Å². The lowest BCUT2D eigenvalue weighted by Crippen LogP contribution is -2.18. The molecule has 0 spiro atoms. The summed E-state index contributed by atoms with van der Waals surface area (Å²) in [4.78, 5) is 4.37. The number of rotatable bonds is 6. The first-order valence-corrected chi connectivity index (χ1v) is 7.11. The number of hydrogen-bond acceptors (Lipinski definition) is 4. The standard InChI is InChI=1S/C14H16F2N2OS/c1-9(17-7-12-8-20-10(2)18-12)11-4-3-5-13(6-11)19-14(15)16/h3-6,8-9,14,17H,7H2,1-2H3. The van der Waals surface area contributed by atoms with Crippen molar-refractivity contribution in [2.24, 2.45) is 0 Å². The quantitative estimate of drug-likeness (QED) is 0.878. The highest BCUT2D eigenvalue weighted by atomic mass is 32.1. The van der Waals surface area contributed by atoms with E-state index >= 15 is 0 Å². The average molecular weight is 298 g/mol. The van der Waals surface area contributed by atoms with Gasteiger partial charge in [-0.15, -0.1) is 11.3 Å². The van der Waals surface area contributed by atoms with Gasteiger partial charge in [0.2, 0.25) is 0 Å². The summed E-state index contributed by atoms with van der Waals surface area (Å²) in [6, 6.07) is 6.75. The fraction of sp³-hybridized carbons (Fsp3) is 0.357. The van der Waals surface area contributed by atoms with Crippen molar-refractivity contribution in [3.63, 3.8) is 0 Å². The zero-order valence-corrected chi connectivity index (χ0v) is 12.1. The van der Waals surface area contributed by atoms with Crippen LogP contribution in [0.15, 0.2) is 29.6 Å². The van der Waals surface area contributed by atoms with E-state index in [1.165, 1.54) is 6.07 Å². The largest absolute Gasteiger partial charge is 0.435 e. The van der Waals surface area contributed by atoms with Gasteiger partial charge in [-0.1, -0.05) is 12.1 Å². The number of halogens is 2. The van der Waals surface area contributed by atoms with Crippen LogP contribution in [-0.4, -0.2) is 11.6 Å². The van der Waals surface area contributed by atoms with Crippen LogP contribution < -0.4 is 10.1 Å². The normalized spacial score (nSPS) is 12.7. The fourth-order valence-corrected chi connectivity index (χ4v) is 2.44. The lowest BCUT2D eigenvalue weighted by molar-refractivity contribution is -0.0499. The lowest BCUT2D eigenvalue weighted by Gasteiger charge is -2.14. The maximum Gasteiger partial charge on any atom is 0.387 e. The Morgan fingerprint density at radius 3 is 2.85 bits per heavy atom. The molecule has 1 atom stereocenters. The van der Waals surface area contributed by atoms with Crippen molar-refractivity contribution in [3.05, 3.63) is 45.9 Å². The van der Waals surface area contributed by atoms with Gasteiger partial charge in [0.1, 0.15) is 5.75 Å². The average Bonchev–Trinajstić information content (AvgIpc) is 2.81. The number of benzene rings is 1. The monoisotopic (exact) mass is 298 g/mol. The molecule has 1 unspecified atom stereocenters. The summed E-state index contributed by atoms with van der Waals surface area (Å²) in [6.07, 6.45) is 0. The van der Waals surface area contributed by atoms with E-state index in [2.05, 4.69) is 15.0 Å². The van der Waals surface area contributed by atoms with Gasteiger partial charge in [0.15, 0.2) is 0 Å². The van der Waals surface area contributed by atoms with Crippen LogP contribution in [0.5, 0.6) is 5.75 Å². The molecule has 2 aromatic rings. The van der Waals surface area contributed by atoms with Crippen molar-refractivity contribution in [2.75, 3.05) is 0 Å². The van der Waals surface area contributed by atoms with Crippen molar-refractivity contribution in [1.29, 1.82) is 0 Å². The molecule has 20 heavy (non-hydrogen) atoms. The zero-order valence-electron chi connectivity index (χ0n) is 11.3. The summed E-state index contributed by atoms with van der Waals surface area (Å²) in [5, 5.41) is 6.34. The molecule has 1 N–H and O–H groups in total. The first-order chi connectivity index (χ1) is 9.54. The Kier molecular flexibility index (Phi) is 5.03. The minimum atomic E-state index is -2.80. The molecule has 0 saturated heterocycles. The Balaban J connectivity index is 1.96. The van der Waals surface area contributed by atoms with Crippen LogP contribution in [0.25, 0.3) is 0 Å². The van der Waals surface area contributed by atoms with Crippen molar-refractivity contribution < 1.29 is 13.5 Å². The van der Waals surface area contributed by atoms with Crippen LogP contribution >= 0.6 is 11.3 Å². The topological polar surface area (TPSA) is 34.2 Å². The fourth-order valence-electron chi connectivity index (χ4n) is 1.83. The maximum absolute atomic E-state index is 12.2. The second-order valence-electron chi connectivity index (χ2n) is 4.41. The number of thiazole rings is 1. The van der Waals surface area contributed by atoms with Crippen molar-refractivity contribution in [3.8, 4) is 5.75 Å². The highest BCUT2D eigenvalue weighted by molar-refractivity contribution is 7.09. The highest BCUT2D eigenvalue weighted by Crippen LogP contribution is 2.21. The van der Waals surface area contributed by atoms with E-state index < -0.39 is 6.61 Å². The van der Waals surface area contributed by atoms with E-state index in [1.54, 1.807) is 23.5 Å². The molecule has 0 saturated carbocycles. The molecule has 0 radical (unpaired) electrons. The van der Waals surface area contributed by atoms with Crippen LogP contribution in [0.2, 0.25) is 0 Å². The molecule has 0 bridgehead atoms. The summed E-state index contributed by atoms with van der Waals surface area (Å²) < 4.78 is 28.8. The van der Waals surface area contributed by atoms with Crippen LogP contribution in [0.3, 0.4) is 0 Å². The maximum atomic E-state index is 12.2. The molecule has 1 aromatic carbocycles. The number of alkyl halides is 2. The molecule has 0 fully saturated rings. The second kappa shape index (κ2) is 6.76. The van der Waals surface area contributed by atoms with Gasteiger partial charge in [-0.3, -0.25) is 0 Å². The molecule has 108 valence electrons. The molecule has 0 aliphatic heterocycles. The van der Waals surface area contributed by atoms with Crippen LogP contribution in [0, 0.1) is 6.92 Å². The first-order valence-electron chi connectivity index (χ1n) is 6.24. The van der Waals surface area contributed by atoms with Gasteiger partial charge in [0.25, 0.3) is 0 Å². The number of aromatic nitrogens is 1. The van der Waals surface area contributed by atoms with Crippen LogP contribution in [0.4, 0.5) is 8.78 Å². The molecule has 1 heterocycles. The van der Waals surface area contributed by atoms with Crippen molar-refractivity contribution >= 4 is 11.3 Å². The molecular formula is C14H16F2N2OS. The van der Waals surface area contributed by atoms with Gasteiger partial charge >= 0.3 is 6.61 Å². The van der Waals surface area contributed by atoms with Crippen molar-refractivity contribution in [2.45, 2.75) is 33.0 Å². The Morgan fingerprint density at radius 2 is 2.20 bits per heavy atom. The van der Waals surface area contributed by atoms with E-state index in [-0.39, 0.29) is 11.8 Å². The molecular weight excluding hydrogens is 282 g/mol. The molecule has 3 nitrogen and oxygen atoms in total. The number of hydrogen-bond donors (Lipinski definition) is 1. The third-order valence-corrected chi connectivity index (χ3v) is 3.66. The third kappa shape index (κ3) is 4.25. The highest BCUT2D eigenvalue weighted by Gasteiger charge is 2.09. The summed E-state index contributed by atoms with van der Waals surface area (Å²) in [7, 11) is 0. The third-order valence-electron chi connectivity index (χ3n) is 2.84. The predicted octanol–water partition coefficient (Wildman–Crippen LogP) is 3.90. The van der Waals surface area contributed by atoms with Gasteiger partial charge in [-0.25, -0.2) is 4.98 Å². The zero-order chi connectivity index (χ0) is 14.5. The summed E-state index contributed by atoms with van der Waals surface area (Å²) in [5.41, 5.74) is 1.88. The number of nitrogens with one attached hydrogen (secondary N) is 1. The minimum absolute atomic E-state index is 0.0261. The predicted molar refractivity (Wildman–Crippen MR) is 75.2 cm³/mol. The Bertz CT molecular complexity index is 560. The molecule has 0 amide bonds. The van der Waals surface area contributed by atoms with E-state index in [0.717, 1.165) is 16.3 Å². The van der Waals surface area contributed by atoms with Gasteiger partial charge in [0.05, 0.1) is 10.7 Å². The second-order valence-corrected chi connectivity index (χ2v) is 5.47. The number of nitrogens with zero attached hydrogens (tertiary/aromatic N) is 1. The van der Waals surface area contributed by atoms with E-state index in [0.29, 0.717) is 6.54 Å². The van der Waals surface area contributed by atoms with Crippen LogP contribution in [-0.2, 0) is 6.54 Å². The SMILES string of the molecule is Cc1nc(CNC(C)c2cccc(OC(F)F)c2)cs1. The van der Waals surface area contributed by atoms with Gasteiger partial charge < -0.3 is 10.1 Å². The van der Waals surface area contributed by atoms with Crippen LogP contribution in [0.1, 0.15) is 29.2 Å². The summed E-state index contributed by atoms with van der Waals surface area (Å²) >= 11 is 1.61. The molecule has 2 rings (SSSR count). The number of aryl methyl sites for hydroxylation is 1. The Morgan fingerprint density at radius 1 is 1.40 bits per heavy atom. The number of ether oxygens (including phenoxy) is 1. The molecule has 1 aromatic heterocycles. The Labute approximate surface area is 120 Å². The summed E-state index contributed by atoms with van der Waals surface area (Å²) in [5.74, 6) is 0.177.